The maximum absolute atomic E-state index is 6.06. The lowest BCUT2D eigenvalue weighted by atomic mass is 10.2. The first-order valence-electron chi connectivity index (χ1n) is 4.58. The number of hydrogen-bond acceptors (Lipinski definition) is 4. The van der Waals surface area contributed by atoms with Crippen LogP contribution in [-0.2, 0) is 0 Å². The zero-order chi connectivity index (χ0) is 12.4. The molecule has 0 spiro atoms. The molecule has 0 saturated carbocycles. The molecule has 0 radical (unpaired) electrons. The van der Waals surface area contributed by atoms with Crippen LogP contribution in [0.1, 0.15) is 0 Å². The van der Waals surface area contributed by atoms with Gasteiger partial charge < -0.3 is 4.74 Å². The van der Waals surface area contributed by atoms with E-state index in [1.807, 2.05) is 0 Å². The molecule has 1 N–H and O–H groups in total. The molecule has 0 fully saturated rings. The van der Waals surface area contributed by atoms with E-state index in [1.165, 1.54) is 7.11 Å². The fraction of sp³-hybridized carbons (Fsp3) is 0.100. The minimum absolute atomic E-state index is 0.173. The van der Waals surface area contributed by atoms with Crippen molar-refractivity contribution in [2.75, 3.05) is 7.11 Å². The molecule has 2 aromatic rings. The van der Waals surface area contributed by atoms with E-state index in [-0.39, 0.29) is 10.8 Å². The average Bonchev–Trinajstić information content (AvgIpc) is 2.31. The number of aromatic amines is 1. The molecule has 2 rings (SSSR count). The van der Waals surface area contributed by atoms with E-state index >= 15 is 0 Å². The first kappa shape index (κ1) is 12.3. The minimum atomic E-state index is 0.173. The van der Waals surface area contributed by atoms with Crippen molar-refractivity contribution in [3.63, 3.8) is 0 Å². The molecule has 4 nitrogen and oxygen atoms in total. The Labute approximate surface area is 113 Å². The molecule has 1 heterocycles. The second-order valence-electron chi connectivity index (χ2n) is 3.11. The summed E-state index contributed by atoms with van der Waals surface area (Å²) in [6, 6.07) is 5.35. The number of methoxy groups -OCH3 is 1. The Kier molecular flexibility index (Phi) is 3.61. The number of benzene rings is 1. The Morgan fingerprint density at radius 1 is 1.29 bits per heavy atom. The maximum atomic E-state index is 6.06. The number of rotatable bonds is 2. The van der Waals surface area contributed by atoms with Gasteiger partial charge in [0.25, 0.3) is 6.01 Å². The standard InChI is InChI=1S/C10H7Cl2N3OS/c1-16-9-13-8(14-10(17)15-9)6-4-5(11)2-3-7(6)12/h2-4H,1H3,(H,13,14,15,17). The predicted molar refractivity (Wildman–Crippen MR) is 69.2 cm³/mol. The van der Waals surface area contributed by atoms with Crippen molar-refractivity contribution in [2.24, 2.45) is 0 Å². The van der Waals surface area contributed by atoms with Gasteiger partial charge in [-0.05, 0) is 30.4 Å². The third-order valence-corrected chi connectivity index (χ3v) is 2.75. The Morgan fingerprint density at radius 3 is 2.76 bits per heavy atom. The second kappa shape index (κ2) is 5.00. The van der Waals surface area contributed by atoms with Crippen molar-refractivity contribution in [1.29, 1.82) is 0 Å². The van der Waals surface area contributed by atoms with Gasteiger partial charge >= 0.3 is 0 Å². The molecule has 0 aliphatic heterocycles. The van der Waals surface area contributed by atoms with E-state index in [1.54, 1.807) is 18.2 Å². The quantitative estimate of drug-likeness (QED) is 0.859. The number of H-pyrrole nitrogens is 1. The summed E-state index contributed by atoms with van der Waals surface area (Å²) >= 11 is 16.9. The highest BCUT2D eigenvalue weighted by Crippen LogP contribution is 2.28. The number of aromatic nitrogens is 3. The summed E-state index contributed by atoms with van der Waals surface area (Å²) in [5.74, 6) is 0.467. The van der Waals surface area contributed by atoms with Gasteiger partial charge in [-0.15, -0.1) is 0 Å². The monoisotopic (exact) mass is 287 g/mol. The summed E-state index contributed by atoms with van der Waals surface area (Å²) in [7, 11) is 1.48. The Bertz CT molecular complexity index is 615. The summed E-state index contributed by atoms with van der Waals surface area (Å²) < 4.78 is 5.15. The largest absolute Gasteiger partial charge is 0.468 e. The number of ether oxygens (including phenoxy) is 1. The van der Waals surface area contributed by atoms with Crippen LogP contribution < -0.4 is 4.74 Å². The van der Waals surface area contributed by atoms with Crippen LogP contribution in [0.3, 0.4) is 0 Å². The smallest absolute Gasteiger partial charge is 0.297 e. The highest BCUT2D eigenvalue weighted by molar-refractivity contribution is 7.71. The highest BCUT2D eigenvalue weighted by atomic mass is 35.5. The van der Waals surface area contributed by atoms with E-state index in [2.05, 4.69) is 15.0 Å². The molecular weight excluding hydrogens is 281 g/mol. The Hall–Kier alpha value is -1.17. The zero-order valence-electron chi connectivity index (χ0n) is 8.70. The molecule has 88 valence electrons. The molecule has 0 aliphatic carbocycles. The molecule has 0 saturated heterocycles. The lowest BCUT2D eigenvalue weighted by Gasteiger charge is -2.06. The molecule has 17 heavy (non-hydrogen) atoms. The van der Waals surface area contributed by atoms with Gasteiger partial charge in [0.2, 0.25) is 4.77 Å². The van der Waals surface area contributed by atoms with Crippen LogP contribution in [0.4, 0.5) is 0 Å². The van der Waals surface area contributed by atoms with Crippen LogP contribution in [0, 0.1) is 4.77 Å². The normalized spacial score (nSPS) is 10.3. The van der Waals surface area contributed by atoms with Crippen LogP contribution in [-0.4, -0.2) is 22.1 Å². The summed E-state index contributed by atoms with van der Waals surface area (Å²) in [5, 5.41) is 1.07. The maximum Gasteiger partial charge on any atom is 0.297 e. The minimum Gasteiger partial charge on any atom is -0.468 e. The summed E-state index contributed by atoms with van der Waals surface area (Å²) in [6.45, 7) is 0. The average molecular weight is 288 g/mol. The second-order valence-corrected chi connectivity index (χ2v) is 4.32. The third kappa shape index (κ3) is 2.74. The molecule has 0 unspecified atom stereocenters. The molecule has 7 heteroatoms. The summed E-state index contributed by atoms with van der Waals surface area (Å²) in [5.41, 5.74) is 0.644. The van der Waals surface area contributed by atoms with E-state index in [9.17, 15) is 0 Å². The molecular formula is C10H7Cl2N3OS. The van der Waals surface area contributed by atoms with Crippen molar-refractivity contribution in [2.45, 2.75) is 0 Å². The van der Waals surface area contributed by atoms with Crippen molar-refractivity contribution < 1.29 is 4.74 Å². The van der Waals surface area contributed by atoms with Gasteiger partial charge in [-0.1, -0.05) is 23.2 Å². The Morgan fingerprint density at radius 2 is 2.06 bits per heavy atom. The number of halogens is 2. The summed E-state index contributed by atoms with van der Waals surface area (Å²) in [6.07, 6.45) is 0. The molecule has 0 bridgehead atoms. The van der Waals surface area contributed by atoms with Gasteiger partial charge in [-0.2, -0.15) is 4.98 Å². The van der Waals surface area contributed by atoms with Crippen molar-refractivity contribution >= 4 is 35.4 Å². The number of hydrogen-bond donors (Lipinski definition) is 1. The molecule has 0 aliphatic rings. The first-order valence-corrected chi connectivity index (χ1v) is 5.74. The number of nitrogens with zero attached hydrogens (tertiary/aromatic N) is 2. The van der Waals surface area contributed by atoms with Gasteiger partial charge in [-0.3, -0.25) is 4.98 Å². The molecule has 1 aromatic carbocycles. The van der Waals surface area contributed by atoms with Gasteiger partial charge in [0.05, 0.1) is 12.1 Å². The van der Waals surface area contributed by atoms with E-state index in [0.29, 0.717) is 21.4 Å². The van der Waals surface area contributed by atoms with E-state index in [4.69, 9.17) is 40.2 Å². The Balaban J connectivity index is 2.63. The highest BCUT2D eigenvalue weighted by Gasteiger charge is 2.08. The lowest BCUT2D eigenvalue weighted by molar-refractivity contribution is 0.378. The SMILES string of the molecule is COc1nc(=S)nc(-c2cc(Cl)ccc2Cl)[nH]1. The van der Waals surface area contributed by atoms with Gasteiger partial charge in [-0.25, -0.2) is 4.98 Å². The van der Waals surface area contributed by atoms with Crippen LogP contribution >= 0.6 is 35.4 Å². The third-order valence-electron chi connectivity index (χ3n) is 2.01. The lowest BCUT2D eigenvalue weighted by Crippen LogP contribution is -1.98. The van der Waals surface area contributed by atoms with E-state index < -0.39 is 0 Å². The molecule has 0 atom stereocenters. The van der Waals surface area contributed by atoms with Crippen LogP contribution in [0.25, 0.3) is 11.4 Å². The van der Waals surface area contributed by atoms with Gasteiger partial charge in [0, 0.05) is 10.6 Å². The fourth-order valence-electron chi connectivity index (χ4n) is 1.27. The predicted octanol–water partition coefficient (Wildman–Crippen LogP) is 3.52. The summed E-state index contributed by atoms with van der Waals surface area (Å²) in [4.78, 5) is 10.8. The van der Waals surface area contributed by atoms with Crippen molar-refractivity contribution in [3.05, 3.63) is 33.0 Å². The van der Waals surface area contributed by atoms with Crippen LogP contribution in [0.5, 0.6) is 6.01 Å². The zero-order valence-corrected chi connectivity index (χ0v) is 11.0. The first-order chi connectivity index (χ1) is 8.10. The molecule has 1 aromatic heterocycles. The van der Waals surface area contributed by atoms with Gasteiger partial charge in [0.15, 0.2) is 0 Å². The molecule has 0 amide bonds. The topological polar surface area (TPSA) is 50.8 Å². The van der Waals surface area contributed by atoms with Crippen LogP contribution in [0.2, 0.25) is 10.0 Å². The number of nitrogens with one attached hydrogen (secondary N) is 1. The van der Waals surface area contributed by atoms with Crippen molar-refractivity contribution in [3.8, 4) is 17.4 Å². The van der Waals surface area contributed by atoms with E-state index in [0.717, 1.165) is 0 Å². The van der Waals surface area contributed by atoms with Crippen molar-refractivity contribution in [1.82, 2.24) is 15.0 Å². The fourth-order valence-corrected chi connectivity index (χ4v) is 1.82. The van der Waals surface area contributed by atoms with Gasteiger partial charge in [0.1, 0.15) is 5.82 Å². The van der Waals surface area contributed by atoms with Crippen LogP contribution in [0.15, 0.2) is 18.2 Å².